The zero-order chi connectivity index (χ0) is 12.9. The molecule has 1 saturated heterocycles. The second kappa shape index (κ2) is 4.07. The van der Waals surface area contributed by atoms with E-state index in [2.05, 4.69) is 45.1 Å². The van der Waals surface area contributed by atoms with Crippen molar-refractivity contribution in [1.29, 1.82) is 0 Å². The summed E-state index contributed by atoms with van der Waals surface area (Å²) < 4.78 is 6.26. The highest BCUT2D eigenvalue weighted by atomic mass is 16.5. The Labute approximate surface area is 109 Å². The molecule has 5 unspecified atom stereocenters. The largest absolute Gasteiger partial charge is 0.389 e. The number of aliphatic hydroxyl groups is 1. The second-order valence-corrected chi connectivity index (χ2v) is 6.36. The van der Waals surface area contributed by atoms with Crippen LogP contribution in [0.4, 0.5) is 0 Å². The molecule has 0 saturated carbocycles. The van der Waals surface area contributed by atoms with E-state index in [1.165, 1.54) is 5.57 Å². The van der Waals surface area contributed by atoms with Gasteiger partial charge in [-0.3, -0.25) is 0 Å². The van der Waals surface area contributed by atoms with E-state index in [-0.39, 0.29) is 23.7 Å². The molecule has 98 valence electrons. The lowest BCUT2D eigenvalue weighted by atomic mass is 9.64. The van der Waals surface area contributed by atoms with Gasteiger partial charge in [0.15, 0.2) is 0 Å². The fourth-order valence-electron chi connectivity index (χ4n) is 3.82. The number of rotatable bonds is 0. The summed E-state index contributed by atoms with van der Waals surface area (Å²) >= 11 is 0. The average molecular weight is 246 g/mol. The third kappa shape index (κ3) is 1.79. The Kier molecular flexibility index (Phi) is 2.76. The molecular formula is C16H22O2. The van der Waals surface area contributed by atoms with Gasteiger partial charge in [0.1, 0.15) is 0 Å². The minimum atomic E-state index is -0.372. The first-order valence-electron chi connectivity index (χ1n) is 6.88. The van der Waals surface area contributed by atoms with Crippen molar-refractivity contribution in [2.75, 3.05) is 0 Å². The summed E-state index contributed by atoms with van der Waals surface area (Å²) in [5.74, 6) is 0.959. The number of ether oxygens (including phenoxy) is 1. The van der Waals surface area contributed by atoms with Crippen LogP contribution in [0.2, 0.25) is 0 Å². The fraction of sp³-hybridized carbons (Fsp3) is 0.625. The van der Waals surface area contributed by atoms with Crippen LogP contribution in [0.15, 0.2) is 36.0 Å². The number of hydrogen-bond acceptors (Lipinski definition) is 2. The van der Waals surface area contributed by atoms with Crippen LogP contribution in [0.25, 0.3) is 0 Å². The molecule has 1 N–H and O–H groups in total. The van der Waals surface area contributed by atoms with Crippen LogP contribution in [-0.2, 0) is 4.74 Å². The highest BCUT2D eigenvalue weighted by molar-refractivity contribution is 5.28. The van der Waals surface area contributed by atoms with Crippen molar-refractivity contribution < 1.29 is 9.84 Å². The number of hydrogen-bond donors (Lipinski definition) is 1. The average Bonchev–Trinajstić information content (AvgIpc) is 2.27. The van der Waals surface area contributed by atoms with Crippen molar-refractivity contribution in [2.45, 2.75) is 45.0 Å². The molecule has 3 rings (SSSR count). The molecule has 1 heterocycles. The summed E-state index contributed by atoms with van der Waals surface area (Å²) in [6.45, 7) is 6.48. The van der Waals surface area contributed by atoms with Crippen molar-refractivity contribution in [3.63, 3.8) is 0 Å². The summed E-state index contributed by atoms with van der Waals surface area (Å²) in [6, 6.07) is 0. The molecule has 0 bridgehead atoms. The fourth-order valence-corrected chi connectivity index (χ4v) is 3.82. The Morgan fingerprint density at radius 3 is 2.89 bits per heavy atom. The van der Waals surface area contributed by atoms with Gasteiger partial charge in [0.25, 0.3) is 0 Å². The van der Waals surface area contributed by atoms with Crippen molar-refractivity contribution >= 4 is 0 Å². The number of aliphatic hydroxyl groups excluding tert-OH is 1. The van der Waals surface area contributed by atoms with Crippen molar-refractivity contribution in [3.8, 4) is 0 Å². The maximum Gasteiger partial charge on any atom is 0.0779 e. The van der Waals surface area contributed by atoms with Gasteiger partial charge in [-0.05, 0) is 33.1 Å². The molecule has 1 aliphatic heterocycles. The van der Waals surface area contributed by atoms with E-state index in [1.54, 1.807) is 0 Å². The maximum absolute atomic E-state index is 10.3. The van der Waals surface area contributed by atoms with Crippen molar-refractivity contribution in [3.05, 3.63) is 36.0 Å². The lowest BCUT2D eigenvalue weighted by Gasteiger charge is -2.53. The molecular weight excluding hydrogens is 224 g/mol. The van der Waals surface area contributed by atoms with Crippen molar-refractivity contribution in [1.82, 2.24) is 0 Å². The molecule has 2 nitrogen and oxygen atoms in total. The van der Waals surface area contributed by atoms with Gasteiger partial charge in [0.05, 0.1) is 17.8 Å². The highest BCUT2D eigenvalue weighted by Crippen LogP contribution is 2.48. The maximum atomic E-state index is 10.3. The van der Waals surface area contributed by atoms with Crippen LogP contribution in [0.5, 0.6) is 0 Å². The Morgan fingerprint density at radius 1 is 1.33 bits per heavy atom. The van der Waals surface area contributed by atoms with Crippen LogP contribution >= 0.6 is 0 Å². The zero-order valence-electron chi connectivity index (χ0n) is 11.3. The monoisotopic (exact) mass is 246 g/mol. The first-order valence-corrected chi connectivity index (χ1v) is 6.88. The Bertz CT molecular complexity index is 430. The first kappa shape index (κ1) is 12.2. The molecule has 0 radical (unpaired) electrons. The summed E-state index contributed by atoms with van der Waals surface area (Å²) in [4.78, 5) is 0. The predicted octanol–water partition coefficient (Wildman–Crippen LogP) is 2.85. The van der Waals surface area contributed by atoms with E-state index < -0.39 is 0 Å². The molecule has 18 heavy (non-hydrogen) atoms. The van der Waals surface area contributed by atoms with E-state index in [0.29, 0.717) is 11.8 Å². The van der Waals surface area contributed by atoms with Crippen LogP contribution < -0.4 is 0 Å². The van der Waals surface area contributed by atoms with Gasteiger partial charge in [0.2, 0.25) is 0 Å². The Morgan fingerprint density at radius 2 is 2.11 bits per heavy atom. The third-order valence-electron chi connectivity index (χ3n) is 4.66. The zero-order valence-corrected chi connectivity index (χ0v) is 11.3. The normalized spacial score (nSPS) is 45.1. The molecule has 0 aromatic carbocycles. The minimum Gasteiger partial charge on any atom is -0.389 e. The molecule has 2 aliphatic carbocycles. The van der Waals surface area contributed by atoms with Crippen LogP contribution in [-0.4, -0.2) is 22.9 Å². The molecule has 1 fully saturated rings. The Balaban J connectivity index is 2.01. The standard InChI is InChI=1S/C16H22O2/c1-10-7-8-12-11(9-10)15-13(17)5-4-6-14(15)18-16(12,2)3/h4-5,7-9,11-15,17H,6H2,1-3H3. The molecule has 0 spiro atoms. The first-order chi connectivity index (χ1) is 8.49. The minimum absolute atomic E-state index is 0.148. The summed E-state index contributed by atoms with van der Waals surface area (Å²) in [5.41, 5.74) is 1.15. The van der Waals surface area contributed by atoms with E-state index in [4.69, 9.17) is 4.74 Å². The highest BCUT2D eigenvalue weighted by Gasteiger charge is 2.50. The number of fused-ring (bicyclic) bond motifs is 3. The quantitative estimate of drug-likeness (QED) is 0.666. The predicted molar refractivity (Wildman–Crippen MR) is 72.1 cm³/mol. The topological polar surface area (TPSA) is 29.5 Å². The molecule has 3 aliphatic rings. The van der Waals surface area contributed by atoms with E-state index >= 15 is 0 Å². The SMILES string of the molecule is CC1=CC2C3C(O)C=CCC3OC(C)(C)C2C=C1. The van der Waals surface area contributed by atoms with Crippen LogP contribution in [0.1, 0.15) is 27.2 Å². The molecule has 0 aromatic rings. The van der Waals surface area contributed by atoms with Gasteiger partial charge in [-0.1, -0.05) is 36.0 Å². The third-order valence-corrected chi connectivity index (χ3v) is 4.66. The molecule has 0 amide bonds. The van der Waals surface area contributed by atoms with Gasteiger partial charge in [-0.15, -0.1) is 0 Å². The van der Waals surface area contributed by atoms with E-state index in [0.717, 1.165) is 6.42 Å². The molecule has 2 heteroatoms. The number of allylic oxidation sites excluding steroid dienone is 3. The van der Waals surface area contributed by atoms with E-state index in [1.807, 2.05) is 6.08 Å². The smallest absolute Gasteiger partial charge is 0.0779 e. The van der Waals surface area contributed by atoms with Gasteiger partial charge >= 0.3 is 0 Å². The van der Waals surface area contributed by atoms with Crippen LogP contribution in [0.3, 0.4) is 0 Å². The van der Waals surface area contributed by atoms with Gasteiger partial charge in [0, 0.05) is 11.8 Å². The van der Waals surface area contributed by atoms with E-state index in [9.17, 15) is 5.11 Å². The molecule has 5 atom stereocenters. The second-order valence-electron chi connectivity index (χ2n) is 6.36. The summed E-state index contributed by atoms with van der Waals surface area (Å²) in [7, 11) is 0. The summed E-state index contributed by atoms with van der Waals surface area (Å²) in [5, 5.41) is 10.3. The van der Waals surface area contributed by atoms with Gasteiger partial charge in [-0.2, -0.15) is 0 Å². The van der Waals surface area contributed by atoms with Gasteiger partial charge < -0.3 is 9.84 Å². The lowest BCUT2D eigenvalue weighted by Crippen LogP contribution is -2.56. The van der Waals surface area contributed by atoms with Gasteiger partial charge in [-0.25, -0.2) is 0 Å². The van der Waals surface area contributed by atoms with Crippen molar-refractivity contribution in [2.24, 2.45) is 17.8 Å². The lowest BCUT2D eigenvalue weighted by molar-refractivity contribution is -0.190. The Hall–Kier alpha value is -0.860. The molecule has 0 aromatic heterocycles. The summed E-state index contributed by atoms with van der Waals surface area (Å²) in [6.07, 6.45) is 11.5. The van der Waals surface area contributed by atoms with Crippen LogP contribution in [0, 0.1) is 17.8 Å².